The molecule has 2 aromatic carbocycles. The quantitative estimate of drug-likeness (QED) is 0.717. The predicted molar refractivity (Wildman–Crippen MR) is 116 cm³/mol. The van der Waals surface area contributed by atoms with Gasteiger partial charge in [-0.05, 0) is 48.4 Å². The molecule has 1 N–H and O–H groups in total. The molecule has 3 heteroatoms. The third-order valence-electron chi connectivity index (χ3n) is 5.89. The lowest BCUT2D eigenvalue weighted by atomic mass is 9.83. The number of carbonyl (C=O) groups excluding carboxylic acids is 1. The van der Waals surface area contributed by atoms with Crippen LogP contribution in [0.4, 0.5) is 0 Å². The van der Waals surface area contributed by atoms with Gasteiger partial charge in [-0.2, -0.15) is 0 Å². The number of unbranched alkanes of at least 4 members (excludes halogenated alkanes) is 1. The maximum Gasteiger partial charge on any atom is 0.224 e. The number of hydrogen-bond donors (Lipinski definition) is 1. The zero-order valence-corrected chi connectivity index (χ0v) is 17.4. The van der Waals surface area contributed by atoms with Crippen molar-refractivity contribution in [2.75, 3.05) is 19.6 Å². The summed E-state index contributed by atoms with van der Waals surface area (Å²) >= 11 is 0. The third kappa shape index (κ3) is 5.68. The molecule has 1 heterocycles. The van der Waals surface area contributed by atoms with Gasteiger partial charge in [0.05, 0.1) is 5.92 Å². The van der Waals surface area contributed by atoms with E-state index in [1.165, 1.54) is 24.0 Å². The molecule has 0 aromatic heterocycles. The van der Waals surface area contributed by atoms with Crippen LogP contribution in [0.25, 0.3) is 0 Å². The summed E-state index contributed by atoms with van der Waals surface area (Å²) in [5.74, 6) is 0.689. The van der Waals surface area contributed by atoms with Gasteiger partial charge in [-0.3, -0.25) is 4.79 Å². The summed E-state index contributed by atoms with van der Waals surface area (Å²) in [5.41, 5.74) is 3.90. The first-order valence-corrected chi connectivity index (χ1v) is 10.8. The second-order valence-electron chi connectivity index (χ2n) is 8.04. The van der Waals surface area contributed by atoms with Gasteiger partial charge < -0.3 is 10.2 Å². The van der Waals surface area contributed by atoms with Crippen molar-refractivity contribution in [3.05, 3.63) is 71.3 Å². The van der Waals surface area contributed by atoms with Gasteiger partial charge in [0.25, 0.3) is 0 Å². The third-order valence-corrected chi connectivity index (χ3v) is 5.89. The van der Waals surface area contributed by atoms with Gasteiger partial charge in [0.2, 0.25) is 5.91 Å². The van der Waals surface area contributed by atoms with E-state index < -0.39 is 0 Å². The molecule has 1 aliphatic heterocycles. The SMILES string of the molecule is CCCCN1C[C@@H](C(=O)NCc2ccccc2)C[C@H](c2ccc(CC)cc2)C1. The minimum absolute atomic E-state index is 0.0603. The minimum atomic E-state index is 0.0603. The van der Waals surface area contributed by atoms with Crippen molar-refractivity contribution in [1.29, 1.82) is 0 Å². The van der Waals surface area contributed by atoms with Gasteiger partial charge >= 0.3 is 0 Å². The predicted octanol–water partition coefficient (Wildman–Crippen LogP) is 4.77. The summed E-state index contributed by atoms with van der Waals surface area (Å²) in [6.07, 6.45) is 4.39. The van der Waals surface area contributed by atoms with Crippen LogP contribution in [0.2, 0.25) is 0 Å². The first-order valence-electron chi connectivity index (χ1n) is 10.8. The van der Waals surface area contributed by atoms with Crippen molar-refractivity contribution in [3.8, 4) is 0 Å². The maximum absolute atomic E-state index is 12.9. The molecule has 150 valence electrons. The van der Waals surface area contributed by atoms with Gasteiger partial charge in [0, 0.05) is 19.6 Å². The van der Waals surface area contributed by atoms with Crippen LogP contribution in [0.3, 0.4) is 0 Å². The summed E-state index contributed by atoms with van der Waals surface area (Å²) in [6, 6.07) is 19.2. The molecule has 1 aliphatic rings. The fourth-order valence-electron chi connectivity index (χ4n) is 4.14. The number of amides is 1. The zero-order chi connectivity index (χ0) is 19.8. The van der Waals surface area contributed by atoms with E-state index in [-0.39, 0.29) is 11.8 Å². The number of rotatable bonds is 8. The first-order chi connectivity index (χ1) is 13.7. The normalized spacial score (nSPS) is 20.1. The molecule has 1 fully saturated rings. The van der Waals surface area contributed by atoms with Crippen LogP contribution < -0.4 is 5.32 Å². The van der Waals surface area contributed by atoms with E-state index in [2.05, 4.69) is 60.5 Å². The number of likely N-dealkylation sites (tertiary alicyclic amines) is 1. The first kappa shape index (κ1) is 20.6. The molecule has 1 saturated heterocycles. The fourth-order valence-corrected chi connectivity index (χ4v) is 4.14. The molecule has 2 aromatic rings. The van der Waals surface area contributed by atoms with Crippen molar-refractivity contribution in [2.45, 2.75) is 52.0 Å². The van der Waals surface area contributed by atoms with E-state index in [9.17, 15) is 4.79 Å². The van der Waals surface area contributed by atoms with E-state index in [0.29, 0.717) is 12.5 Å². The van der Waals surface area contributed by atoms with Crippen LogP contribution >= 0.6 is 0 Å². The molecule has 2 atom stereocenters. The molecule has 0 bridgehead atoms. The zero-order valence-electron chi connectivity index (χ0n) is 17.4. The van der Waals surface area contributed by atoms with E-state index in [1.54, 1.807) is 0 Å². The largest absolute Gasteiger partial charge is 0.352 e. The number of nitrogens with zero attached hydrogens (tertiary/aromatic N) is 1. The summed E-state index contributed by atoms with van der Waals surface area (Å²) < 4.78 is 0. The Morgan fingerprint density at radius 3 is 2.43 bits per heavy atom. The van der Waals surface area contributed by atoms with Crippen molar-refractivity contribution >= 4 is 5.91 Å². The standard InChI is InChI=1S/C25H34N2O/c1-3-5-15-27-18-23(22-13-11-20(4-2)12-14-22)16-24(19-27)25(28)26-17-21-9-7-6-8-10-21/h6-14,23-24H,3-5,15-19H2,1-2H3,(H,26,28)/t23-,24-/m0/s1. The second-order valence-corrected chi connectivity index (χ2v) is 8.04. The van der Waals surface area contributed by atoms with Crippen LogP contribution in [0.15, 0.2) is 54.6 Å². The second kappa shape index (κ2) is 10.4. The molecule has 3 rings (SSSR count). The Morgan fingerprint density at radius 2 is 1.75 bits per heavy atom. The Bertz CT molecular complexity index is 726. The highest BCUT2D eigenvalue weighted by Gasteiger charge is 2.32. The van der Waals surface area contributed by atoms with Crippen LogP contribution in [0, 0.1) is 5.92 Å². The molecule has 0 spiro atoms. The van der Waals surface area contributed by atoms with Crippen LogP contribution in [-0.4, -0.2) is 30.4 Å². The number of carbonyl (C=O) groups is 1. The van der Waals surface area contributed by atoms with Crippen LogP contribution in [0.1, 0.15) is 55.7 Å². The van der Waals surface area contributed by atoms with Gasteiger partial charge in [-0.1, -0.05) is 74.9 Å². The van der Waals surface area contributed by atoms with E-state index in [0.717, 1.165) is 38.0 Å². The smallest absolute Gasteiger partial charge is 0.224 e. The van der Waals surface area contributed by atoms with Crippen molar-refractivity contribution in [2.24, 2.45) is 5.92 Å². The Morgan fingerprint density at radius 1 is 1.00 bits per heavy atom. The van der Waals surface area contributed by atoms with Crippen molar-refractivity contribution < 1.29 is 4.79 Å². The van der Waals surface area contributed by atoms with Gasteiger partial charge in [0.1, 0.15) is 0 Å². The highest BCUT2D eigenvalue weighted by atomic mass is 16.1. The molecular formula is C25H34N2O. The molecule has 0 aliphatic carbocycles. The molecule has 3 nitrogen and oxygen atoms in total. The summed E-state index contributed by atoms with van der Waals surface area (Å²) in [7, 11) is 0. The van der Waals surface area contributed by atoms with Crippen molar-refractivity contribution in [3.63, 3.8) is 0 Å². The fraction of sp³-hybridized carbons (Fsp3) is 0.480. The molecule has 0 radical (unpaired) electrons. The van der Waals surface area contributed by atoms with E-state index in [1.807, 2.05) is 18.2 Å². The number of nitrogens with one attached hydrogen (secondary N) is 1. The maximum atomic E-state index is 12.9. The molecule has 1 amide bonds. The summed E-state index contributed by atoms with van der Waals surface area (Å²) in [4.78, 5) is 15.4. The summed E-state index contributed by atoms with van der Waals surface area (Å²) in [5, 5.41) is 3.17. The van der Waals surface area contributed by atoms with E-state index >= 15 is 0 Å². The monoisotopic (exact) mass is 378 g/mol. The highest BCUT2D eigenvalue weighted by molar-refractivity contribution is 5.79. The summed E-state index contributed by atoms with van der Waals surface area (Å²) in [6.45, 7) is 8.06. The van der Waals surface area contributed by atoms with Crippen molar-refractivity contribution in [1.82, 2.24) is 10.2 Å². The molecule has 0 unspecified atom stereocenters. The number of piperidine rings is 1. The van der Waals surface area contributed by atoms with Gasteiger partial charge in [-0.15, -0.1) is 0 Å². The lowest BCUT2D eigenvalue weighted by Gasteiger charge is -2.37. The van der Waals surface area contributed by atoms with E-state index in [4.69, 9.17) is 0 Å². The number of benzene rings is 2. The lowest BCUT2D eigenvalue weighted by molar-refractivity contribution is -0.127. The Hall–Kier alpha value is -2.13. The molecule has 28 heavy (non-hydrogen) atoms. The van der Waals surface area contributed by atoms with Crippen LogP contribution in [-0.2, 0) is 17.8 Å². The highest BCUT2D eigenvalue weighted by Crippen LogP contribution is 2.31. The van der Waals surface area contributed by atoms with Gasteiger partial charge in [0.15, 0.2) is 0 Å². The Labute approximate surface area is 170 Å². The molecule has 0 saturated carbocycles. The molecular weight excluding hydrogens is 344 g/mol. The number of hydrogen-bond acceptors (Lipinski definition) is 2. The number of aryl methyl sites for hydroxylation is 1. The average Bonchev–Trinajstić information content (AvgIpc) is 2.76. The average molecular weight is 379 g/mol. The van der Waals surface area contributed by atoms with Crippen LogP contribution in [0.5, 0.6) is 0 Å². The topological polar surface area (TPSA) is 32.3 Å². The Kier molecular flexibility index (Phi) is 7.67. The Balaban J connectivity index is 1.66. The minimum Gasteiger partial charge on any atom is -0.352 e. The van der Waals surface area contributed by atoms with Gasteiger partial charge in [-0.25, -0.2) is 0 Å². The lowest BCUT2D eigenvalue weighted by Crippen LogP contribution is -2.45.